The number of rotatable bonds is 8. The van der Waals surface area contributed by atoms with Gasteiger partial charge in [0.05, 0.1) is 22.1 Å². The Kier molecular flexibility index (Phi) is 18.9. The van der Waals surface area contributed by atoms with Crippen molar-refractivity contribution >= 4 is 22.1 Å². The number of imidazole rings is 2. The van der Waals surface area contributed by atoms with Gasteiger partial charge in [0.15, 0.2) is 34.9 Å². The van der Waals surface area contributed by atoms with E-state index in [-0.39, 0.29) is 0 Å². The summed E-state index contributed by atoms with van der Waals surface area (Å²) in [5.74, 6) is 8.12. The van der Waals surface area contributed by atoms with Crippen LogP contribution in [-0.2, 0) is 7.05 Å². The van der Waals surface area contributed by atoms with Gasteiger partial charge in [-0.1, -0.05) is 170 Å². The summed E-state index contributed by atoms with van der Waals surface area (Å²) in [4.78, 5) is 61.3. The molecule has 432 valence electrons. The van der Waals surface area contributed by atoms with E-state index in [1.54, 1.807) is 31.0 Å². The van der Waals surface area contributed by atoms with E-state index >= 15 is 0 Å². The highest BCUT2D eigenvalue weighted by atomic mass is 15.1. The third kappa shape index (κ3) is 15.1. The van der Waals surface area contributed by atoms with Crippen LogP contribution in [0.4, 0.5) is 0 Å². The molecule has 0 aliphatic carbocycles. The third-order valence-corrected chi connectivity index (χ3v) is 13.7. The minimum atomic E-state index is 0.604. The van der Waals surface area contributed by atoms with Gasteiger partial charge in [0.1, 0.15) is 34.8 Å². The third-order valence-electron chi connectivity index (χ3n) is 13.7. The maximum Gasteiger partial charge on any atom is 0.182 e. The molecular weight excluding hydrogens is 1100 g/mol. The maximum atomic E-state index is 4.65. The van der Waals surface area contributed by atoms with Crippen LogP contribution in [0.15, 0.2) is 274 Å². The first-order chi connectivity index (χ1) is 43.7. The van der Waals surface area contributed by atoms with Gasteiger partial charge in [-0.3, -0.25) is 19.5 Å². The molecule has 8 aromatic heterocycles. The highest BCUT2D eigenvalue weighted by Crippen LogP contribution is 2.26. The Hall–Kier alpha value is -12.0. The average molecular weight is 1160 g/mol. The van der Waals surface area contributed by atoms with Gasteiger partial charge in [-0.2, -0.15) is 0 Å². The molecule has 0 amide bonds. The topological polar surface area (TPSA) is 190 Å². The van der Waals surface area contributed by atoms with Crippen molar-refractivity contribution in [3.8, 4) is 85.5 Å². The summed E-state index contributed by atoms with van der Waals surface area (Å²) < 4.78 is 4.31. The first-order valence-electron chi connectivity index (χ1n) is 28.7. The molecule has 0 N–H and O–H groups in total. The van der Waals surface area contributed by atoms with Gasteiger partial charge in [-0.25, -0.2) is 54.8 Å². The maximum absolute atomic E-state index is 4.65. The smallest absolute Gasteiger partial charge is 0.182 e. The van der Waals surface area contributed by atoms with E-state index in [1.807, 2.05) is 234 Å². The fourth-order valence-corrected chi connectivity index (χ4v) is 9.50. The average Bonchev–Trinajstić information content (AvgIpc) is 2.62. The zero-order valence-electron chi connectivity index (χ0n) is 49.6. The molecule has 8 heterocycles. The van der Waals surface area contributed by atoms with E-state index < -0.39 is 0 Å². The minimum Gasteiger partial charge on any atom is -0.327 e. The van der Waals surface area contributed by atoms with E-state index in [4.69, 9.17) is 0 Å². The van der Waals surface area contributed by atoms with Crippen molar-refractivity contribution in [1.82, 2.24) is 78.9 Å². The highest BCUT2D eigenvalue weighted by Gasteiger charge is 2.13. The normalized spacial score (nSPS) is 10.5. The number of para-hydroxylation sites is 5. The van der Waals surface area contributed by atoms with Gasteiger partial charge in [-0.15, -0.1) is 0 Å². The Morgan fingerprint density at radius 2 is 0.685 bits per heavy atom. The van der Waals surface area contributed by atoms with E-state index in [1.165, 1.54) is 5.52 Å². The van der Waals surface area contributed by atoms with E-state index in [0.29, 0.717) is 52.4 Å². The Balaban J connectivity index is 0.000000115. The number of benzene rings is 7. The molecule has 89 heavy (non-hydrogen) atoms. The van der Waals surface area contributed by atoms with E-state index in [0.717, 1.165) is 73.0 Å². The van der Waals surface area contributed by atoms with Crippen molar-refractivity contribution in [3.05, 3.63) is 297 Å². The summed E-state index contributed by atoms with van der Waals surface area (Å²) in [5.41, 5.74) is 12.3. The van der Waals surface area contributed by atoms with Crippen LogP contribution in [0.3, 0.4) is 0 Å². The summed E-state index contributed by atoms with van der Waals surface area (Å²) >= 11 is 0. The zero-order chi connectivity index (χ0) is 61.2. The van der Waals surface area contributed by atoms with Crippen LogP contribution < -0.4 is 0 Å². The molecule has 0 saturated heterocycles. The lowest BCUT2D eigenvalue weighted by molar-refractivity contribution is 0.959. The SMILES string of the molecule is Cc1nc(-c2ccccc2)nc(-c2ccccn2)n1.Cc1nc(-c2ccccc2)nc(-c2cccnc2)n1.Cc1nc(-c2ccccc2)nc(-c2ccncc2)n1.Cc1nc2ccccc2n1-c1ccccc1.Cn1c(-c2ccccc2)nc2ccccc21. The predicted octanol–water partition coefficient (Wildman–Crippen LogP) is 15.3. The Morgan fingerprint density at radius 3 is 1.17 bits per heavy atom. The molecule has 0 bridgehead atoms. The van der Waals surface area contributed by atoms with E-state index in [2.05, 4.69) is 122 Å². The number of hydrogen-bond donors (Lipinski definition) is 0. The summed E-state index contributed by atoms with van der Waals surface area (Å²) in [7, 11) is 2.05. The number of nitrogens with zero attached hydrogens (tertiary/aromatic N) is 16. The van der Waals surface area contributed by atoms with Crippen molar-refractivity contribution in [3.63, 3.8) is 0 Å². The lowest BCUT2D eigenvalue weighted by Crippen LogP contribution is -2.00. The molecule has 16 heteroatoms. The van der Waals surface area contributed by atoms with Gasteiger partial charge < -0.3 is 4.57 Å². The highest BCUT2D eigenvalue weighted by molar-refractivity contribution is 5.81. The molecule has 0 aliphatic heterocycles. The molecule has 0 spiro atoms. The summed E-state index contributed by atoms with van der Waals surface area (Å²) in [5, 5.41) is 0. The number of aromatic nitrogens is 16. The lowest BCUT2D eigenvalue weighted by Gasteiger charge is -2.05. The Morgan fingerprint density at radius 1 is 0.281 bits per heavy atom. The fraction of sp³-hybridized carbons (Fsp3) is 0.0685. The van der Waals surface area contributed by atoms with Crippen LogP contribution in [0.1, 0.15) is 23.3 Å². The first kappa shape index (κ1) is 58.7. The molecule has 15 aromatic rings. The van der Waals surface area contributed by atoms with Crippen LogP contribution in [0, 0.1) is 27.7 Å². The van der Waals surface area contributed by atoms with Crippen molar-refractivity contribution in [2.24, 2.45) is 7.05 Å². The van der Waals surface area contributed by atoms with Crippen molar-refractivity contribution in [2.45, 2.75) is 27.7 Å². The second-order valence-electron chi connectivity index (χ2n) is 20.0. The van der Waals surface area contributed by atoms with Crippen LogP contribution in [0.5, 0.6) is 0 Å². The second kappa shape index (κ2) is 28.7. The molecular formula is C73H60N16. The summed E-state index contributed by atoms with van der Waals surface area (Å²) in [6.07, 6.45) is 8.68. The quantitative estimate of drug-likeness (QED) is 0.140. The molecule has 0 saturated carbocycles. The summed E-state index contributed by atoms with van der Waals surface area (Å²) in [6.45, 7) is 7.64. The van der Waals surface area contributed by atoms with Gasteiger partial charge in [-0.05, 0) is 100 Å². The monoisotopic (exact) mass is 1160 g/mol. The second-order valence-corrected chi connectivity index (χ2v) is 20.0. The molecule has 0 fully saturated rings. The fourth-order valence-electron chi connectivity index (χ4n) is 9.50. The molecule has 0 atom stereocenters. The molecule has 7 aromatic carbocycles. The lowest BCUT2D eigenvalue weighted by atomic mass is 10.2. The van der Waals surface area contributed by atoms with Gasteiger partial charge in [0.25, 0.3) is 0 Å². The van der Waals surface area contributed by atoms with Gasteiger partial charge in [0, 0.05) is 77.1 Å². The minimum absolute atomic E-state index is 0.604. The molecule has 16 nitrogen and oxygen atoms in total. The first-order valence-corrected chi connectivity index (χ1v) is 28.7. The largest absolute Gasteiger partial charge is 0.327 e. The molecule has 0 aliphatic rings. The van der Waals surface area contributed by atoms with Crippen LogP contribution >= 0.6 is 0 Å². The van der Waals surface area contributed by atoms with Crippen molar-refractivity contribution in [1.29, 1.82) is 0 Å². The molecule has 0 unspecified atom stereocenters. The number of pyridine rings is 3. The number of hydrogen-bond acceptors (Lipinski definition) is 14. The number of aryl methyl sites for hydroxylation is 5. The van der Waals surface area contributed by atoms with Crippen molar-refractivity contribution < 1.29 is 0 Å². The van der Waals surface area contributed by atoms with Gasteiger partial charge >= 0.3 is 0 Å². The van der Waals surface area contributed by atoms with Gasteiger partial charge in [0.2, 0.25) is 0 Å². The number of fused-ring (bicyclic) bond motifs is 2. The zero-order valence-corrected chi connectivity index (χ0v) is 49.6. The Labute approximate surface area is 515 Å². The van der Waals surface area contributed by atoms with Crippen LogP contribution in [-0.4, -0.2) is 78.9 Å². The molecule has 15 rings (SSSR count). The van der Waals surface area contributed by atoms with Crippen LogP contribution in [0.25, 0.3) is 108 Å². The standard InChI is InChI=1S/3C15H12N4.2C14H12N2/c1-11-17-14(12-7-3-2-4-8-12)19-15(18-11)13-9-5-6-10-16-13;1-11-17-14(12-6-3-2-4-7-12)19-15(18-11)13-8-5-9-16-10-13;1-11-17-14(12-5-3-2-4-6-12)19-15(18-11)13-7-9-16-10-8-13;1-16-13-10-6-5-9-12(13)15-14(16)11-7-3-2-4-8-11;1-11-15-13-9-5-6-10-14(13)16(11)12-7-3-2-4-8-12/h3*2-10H,1H3;2*2-10H,1H3. The predicted molar refractivity (Wildman–Crippen MR) is 352 cm³/mol. The Bertz CT molecular complexity index is 4220. The molecule has 0 radical (unpaired) electrons. The van der Waals surface area contributed by atoms with E-state index in [9.17, 15) is 0 Å². The van der Waals surface area contributed by atoms with Crippen molar-refractivity contribution in [2.75, 3.05) is 0 Å². The van der Waals surface area contributed by atoms with Crippen LogP contribution in [0.2, 0.25) is 0 Å². The summed E-state index contributed by atoms with van der Waals surface area (Å²) in [6, 6.07) is 79.9.